The number of rotatable bonds is 4. The zero-order valence-electron chi connectivity index (χ0n) is 9.58. The lowest BCUT2D eigenvalue weighted by Gasteiger charge is -2.19. The van der Waals surface area contributed by atoms with Crippen molar-refractivity contribution in [1.29, 1.82) is 0 Å². The number of hydrogen-bond donors (Lipinski definition) is 1. The maximum absolute atomic E-state index is 5.70. The van der Waals surface area contributed by atoms with Gasteiger partial charge in [0.1, 0.15) is 0 Å². The van der Waals surface area contributed by atoms with Crippen molar-refractivity contribution < 1.29 is 9.47 Å². The third-order valence-corrected chi connectivity index (χ3v) is 2.70. The molecular formula is C11H23NO2. The van der Waals surface area contributed by atoms with Gasteiger partial charge in [0.25, 0.3) is 0 Å². The summed E-state index contributed by atoms with van der Waals surface area (Å²) in [6.45, 7) is 9.78. The third kappa shape index (κ3) is 3.95. The highest BCUT2D eigenvalue weighted by Crippen LogP contribution is 2.10. The Morgan fingerprint density at radius 2 is 2.29 bits per heavy atom. The fourth-order valence-electron chi connectivity index (χ4n) is 1.73. The molecule has 2 unspecified atom stereocenters. The predicted octanol–water partition coefficient (Wildman–Crippen LogP) is 1.43. The Hall–Kier alpha value is -0.120. The first-order valence-electron chi connectivity index (χ1n) is 5.66. The van der Waals surface area contributed by atoms with Crippen molar-refractivity contribution in [3.8, 4) is 0 Å². The molecular weight excluding hydrogens is 178 g/mol. The molecule has 14 heavy (non-hydrogen) atoms. The SMILES string of the molecule is CCOCC1CNC(C(C)C)CCO1. The van der Waals surface area contributed by atoms with Crippen LogP contribution in [0.5, 0.6) is 0 Å². The van der Waals surface area contributed by atoms with Crippen molar-refractivity contribution in [3.05, 3.63) is 0 Å². The summed E-state index contributed by atoms with van der Waals surface area (Å²) in [6.07, 6.45) is 1.35. The van der Waals surface area contributed by atoms with Crippen LogP contribution in [0.15, 0.2) is 0 Å². The average Bonchev–Trinajstić information content (AvgIpc) is 2.39. The minimum atomic E-state index is 0.235. The topological polar surface area (TPSA) is 30.5 Å². The van der Waals surface area contributed by atoms with E-state index in [1.54, 1.807) is 0 Å². The van der Waals surface area contributed by atoms with E-state index in [4.69, 9.17) is 9.47 Å². The Morgan fingerprint density at radius 3 is 2.93 bits per heavy atom. The van der Waals surface area contributed by atoms with Gasteiger partial charge in [-0.25, -0.2) is 0 Å². The molecule has 3 heteroatoms. The van der Waals surface area contributed by atoms with Gasteiger partial charge < -0.3 is 14.8 Å². The highest BCUT2D eigenvalue weighted by Gasteiger charge is 2.20. The second-order valence-corrected chi connectivity index (χ2v) is 4.20. The van der Waals surface area contributed by atoms with Crippen LogP contribution in [-0.2, 0) is 9.47 Å². The predicted molar refractivity (Wildman–Crippen MR) is 57.5 cm³/mol. The van der Waals surface area contributed by atoms with Crippen molar-refractivity contribution in [3.63, 3.8) is 0 Å². The van der Waals surface area contributed by atoms with E-state index in [9.17, 15) is 0 Å². The van der Waals surface area contributed by atoms with Gasteiger partial charge in [-0.1, -0.05) is 13.8 Å². The lowest BCUT2D eigenvalue weighted by molar-refractivity contribution is -0.00399. The quantitative estimate of drug-likeness (QED) is 0.746. The van der Waals surface area contributed by atoms with Crippen LogP contribution >= 0.6 is 0 Å². The highest BCUT2D eigenvalue weighted by atomic mass is 16.5. The van der Waals surface area contributed by atoms with Gasteiger partial charge in [0.2, 0.25) is 0 Å². The minimum absolute atomic E-state index is 0.235. The molecule has 0 aromatic rings. The van der Waals surface area contributed by atoms with E-state index in [2.05, 4.69) is 19.2 Å². The van der Waals surface area contributed by atoms with E-state index in [0.717, 1.165) is 26.2 Å². The Balaban J connectivity index is 2.26. The molecule has 0 bridgehead atoms. The van der Waals surface area contributed by atoms with Crippen LogP contribution in [0.2, 0.25) is 0 Å². The molecule has 1 heterocycles. The first-order valence-corrected chi connectivity index (χ1v) is 5.66. The van der Waals surface area contributed by atoms with Crippen LogP contribution < -0.4 is 5.32 Å². The van der Waals surface area contributed by atoms with Gasteiger partial charge in [-0.15, -0.1) is 0 Å². The summed E-state index contributed by atoms with van der Waals surface area (Å²) in [4.78, 5) is 0. The Bertz CT molecular complexity index is 150. The number of ether oxygens (including phenoxy) is 2. The molecule has 1 rings (SSSR count). The van der Waals surface area contributed by atoms with E-state index in [1.165, 1.54) is 0 Å². The standard InChI is InChI=1S/C11H23NO2/c1-4-13-8-10-7-12-11(9(2)3)5-6-14-10/h9-12H,4-8H2,1-3H3. The molecule has 0 amide bonds. The summed E-state index contributed by atoms with van der Waals surface area (Å²) in [7, 11) is 0. The van der Waals surface area contributed by atoms with Gasteiger partial charge in [0, 0.05) is 25.8 Å². The van der Waals surface area contributed by atoms with Crippen LogP contribution in [0.25, 0.3) is 0 Å². The van der Waals surface area contributed by atoms with Gasteiger partial charge in [-0.3, -0.25) is 0 Å². The van der Waals surface area contributed by atoms with Gasteiger partial charge in [-0.2, -0.15) is 0 Å². The normalized spacial score (nSPS) is 29.1. The molecule has 1 saturated heterocycles. The van der Waals surface area contributed by atoms with Crippen molar-refractivity contribution in [2.75, 3.05) is 26.4 Å². The Morgan fingerprint density at radius 1 is 1.50 bits per heavy atom. The molecule has 3 nitrogen and oxygen atoms in total. The highest BCUT2D eigenvalue weighted by molar-refractivity contribution is 4.76. The van der Waals surface area contributed by atoms with E-state index in [-0.39, 0.29) is 6.10 Å². The number of hydrogen-bond acceptors (Lipinski definition) is 3. The van der Waals surface area contributed by atoms with Crippen molar-refractivity contribution in [1.82, 2.24) is 5.32 Å². The molecule has 0 aromatic carbocycles. The fraction of sp³-hybridized carbons (Fsp3) is 1.00. The Labute approximate surface area is 87.2 Å². The summed E-state index contributed by atoms with van der Waals surface area (Å²) >= 11 is 0. The zero-order chi connectivity index (χ0) is 10.4. The van der Waals surface area contributed by atoms with Crippen LogP contribution in [0.4, 0.5) is 0 Å². The zero-order valence-corrected chi connectivity index (χ0v) is 9.58. The van der Waals surface area contributed by atoms with Crippen LogP contribution in [0.3, 0.4) is 0 Å². The summed E-state index contributed by atoms with van der Waals surface area (Å²) < 4.78 is 11.1. The Kier molecular flexibility index (Phi) is 5.45. The largest absolute Gasteiger partial charge is 0.379 e. The van der Waals surface area contributed by atoms with E-state index in [1.807, 2.05) is 6.92 Å². The number of nitrogens with one attached hydrogen (secondary N) is 1. The van der Waals surface area contributed by atoms with Crippen LogP contribution in [-0.4, -0.2) is 38.5 Å². The molecule has 1 fully saturated rings. The molecule has 1 aliphatic heterocycles. The first-order chi connectivity index (χ1) is 6.74. The minimum Gasteiger partial charge on any atom is -0.379 e. The fourth-order valence-corrected chi connectivity index (χ4v) is 1.73. The summed E-state index contributed by atoms with van der Waals surface area (Å²) in [5.74, 6) is 0.685. The maximum Gasteiger partial charge on any atom is 0.0932 e. The first kappa shape index (κ1) is 12.0. The molecule has 2 atom stereocenters. The summed E-state index contributed by atoms with van der Waals surface area (Å²) in [5, 5.41) is 3.54. The molecule has 0 radical (unpaired) electrons. The average molecular weight is 201 g/mol. The molecule has 1 aliphatic rings. The lowest BCUT2D eigenvalue weighted by Crippen LogP contribution is -2.37. The van der Waals surface area contributed by atoms with Crippen LogP contribution in [0, 0.1) is 5.92 Å². The lowest BCUT2D eigenvalue weighted by atomic mass is 10.0. The molecule has 1 N–H and O–H groups in total. The van der Waals surface area contributed by atoms with Crippen molar-refractivity contribution in [2.45, 2.75) is 39.3 Å². The third-order valence-electron chi connectivity index (χ3n) is 2.70. The van der Waals surface area contributed by atoms with Gasteiger partial charge in [0.15, 0.2) is 0 Å². The molecule has 0 saturated carbocycles. The van der Waals surface area contributed by atoms with E-state index in [0.29, 0.717) is 18.6 Å². The van der Waals surface area contributed by atoms with Crippen molar-refractivity contribution in [2.24, 2.45) is 5.92 Å². The molecule has 0 aromatic heterocycles. The summed E-state index contributed by atoms with van der Waals surface area (Å²) in [5.41, 5.74) is 0. The maximum atomic E-state index is 5.70. The smallest absolute Gasteiger partial charge is 0.0932 e. The summed E-state index contributed by atoms with van der Waals surface area (Å²) in [6, 6.07) is 0.599. The molecule has 0 spiro atoms. The second-order valence-electron chi connectivity index (χ2n) is 4.20. The van der Waals surface area contributed by atoms with Gasteiger partial charge in [0.05, 0.1) is 12.7 Å². The second kappa shape index (κ2) is 6.38. The van der Waals surface area contributed by atoms with E-state index < -0.39 is 0 Å². The van der Waals surface area contributed by atoms with E-state index >= 15 is 0 Å². The van der Waals surface area contributed by atoms with Crippen LogP contribution in [0.1, 0.15) is 27.2 Å². The van der Waals surface area contributed by atoms with Crippen molar-refractivity contribution >= 4 is 0 Å². The molecule has 84 valence electrons. The molecule has 0 aliphatic carbocycles. The monoisotopic (exact) mass is 201 g/mol. The van der Waals surface area contributed by atoms with Gasteiger partial charge in [-0.05, 0) is 19.3 Å². The van der Waals surface area contributed by atoms with Gasteiger partial charge >= 0.3 is 0 Å².